The Hall–Kier alpha value is -1.39. The number of hydrogen-bond donors (Lipinski definition) is 1. The Bertz CT molecular complexity index is 493. The molecule has 0 aromatic heterocycles. The Morgan fingerprint density at radius 2 is 2.00 bits per heavy atom. The molecule has 2 rings (SSSR count). The van der Waals surface area contributed by atoms with Crippen LogP contribution in [0.5, 0.6) is 0 Å². The first kappa shape index (κ1) is 16.0. The van der Waals surface area contributed by atoms with Gasteiger partial charge in [-0.1, -0.05) is 12.1 Å². The van der Waals surface area contributed by atoms with Gasteiger partial charge in [0.2, 0.25) is 5.91 Å². The van der Waals surface area contributed by atoms with E-state index in [0.29, 0.717) is 6.54 Å². The summed E-state index contributed by atoms with van der Waals surface area (Å²) < 4.78 is 0. The highest BCUT2D eigenvalue weighted by Gasteiger charge is 2.38. The molecule has 0 radical (unpaired) electrons. The van der Waals surface area contributed by atoms with Crippen molar-refractivity contribution in [2.45, 2.75) is 33.2 Å². The van der Waals surface area contributed by atoms with Crippen LogP contribution in [0, 0.1) is 6.92 Å². The van der Waals surface area contributed by atoms with Gasteiger partial charge in [-0.05, 0) is 45.4 Å². The summed E-state index contributed by atoms with van der Waals surface area (Å²) in [6.07, 6.45) is 0. The van der Waals surface area contributed by atoms with E-state index in [1.807, 2.05) is 37.8 Å². The molecular weight excluding hydrogens is 262 g/mol. The number of hydrogen-bond acceptors (Lipinski definition) is 3. The summed E-state index contributed by atoms with van der Waals surface area (Å²) in [6.45, 7) is 12.6. The molecule has 1 aliphatic heterocycles. The largest absolute Gasteiger partial charge is 0.314 e. The molecule has 4 nitrogen and oxygen atoms in total. The number of nitrogens with one attached hydrogen (secondary N) is 1. The van der Waals surface area contributed by atoms with E-state index < -0.39 is 5.54 Å². The topological polar surface area (TPSA) is 35.6 Å². The average Bonchev–Trinajstić information content (AvgIpc) is 2.49. The number of carbonyl (C=O) groups is 1. The van der Waals surface area contributed by atoms with E-state index in [1.54, 1.807) is 0 Å². The minimum atomic E-state index is -0.470. The van der Waals surface area contributed by atoms with Crippen molar-refractivity contribution in [1.29, 1.82) is 0 Å². The van der Waals surface area contributed by atoms with Gasteiger partial charge in [-0.15, -0.1) is 0 Å². The zero-order valence-corrected chi connectivity index (χ0v) is 13.6. The first-order valence-corrected chi connectivity index (χ1v) is 7.81. The molecule has 0 spiro atoms. The van der Waals surface area contributed by atoms with Crippen LogP contribution < -0.4 is 10.2 Å². The quantitative estimate of drug-likeness (QED) is 0.921. The van der Waals surface area contributed by atoms with Crippen LogP contribution in [0.25, 0.3) is 0 Å². The summed E-state index contributed by atoms with van der Waals surface area (Å²) in [5.41, 5.74) is 1.70. The standard InChI is InChI=1S/C17H27N3O/c1-5-20(15-8-6-7-14(2)13-15)16(21)17(3,4)19-11-9-18-10-12-19/h6-8,13,18H,5,9-12H2,1-4H3. The number of rotatable bonds is 4. The van der Waals surface area contributed by atoms with E-state index in [-0.39, 0.29) is 5.91 Å². The molecular formula is C17H27N3O. The van der Waals surface area contributed by atoms with Crippen LogP contribution >= 0.6 is 0 Å². The van der Waals surface area contributed by atoms with Crippen LogP contribution in [0.1, 0.15) is 26.3 Å². The Morgan fingerprint density at radius 3 is 2.57 bits per heavy atom. The molecule has 1 heterocycles. The molecule has 0 bridgehead atoms. The first-order valence-electron chi connectivity index (χ1n) is 7.81. The lowest BCUT2D eigenvalue weighted by molar-refractivity contribution is -0.129. The van der Waals surface area contributed by atoms with Gasteiger partial charge >= 0.3 is 0 Å². The second-order valence-electron chi connectivity index (χ2n) is 6.18. The number of amides is 1. The number of aryl methyl sites for hydroxylation is 1. The fourth-order valence-electron chi connectivity index (χ4n) is 2.93. The SMILES string of the molecule is CCN(C(=O)C(C)(C)N1CCNCC1)c1cccc(C)c1. The van der Waals surface area contributed by atoms with Gasteiger partial charge in [-0.25, -0.2) is 0 Å². The molecule has 0 unspecified atom stereocenters. The van der Waals surface area contributed by atoms with E-state index in [2.05, 4.69) is 29.3 Å². The lowest BCUT2D eigenvalue weighted by Gasteiger charge is -2.42. The van der Waals surface area contributed by atoms with Crippen LogP contribution in [0.3, 0.4) is 0 Å². The molecule has 1 amide bonds. The summed E-state index contributed by atoms with van der Waals surface area (Å²) in [7, 11) is 0. The molecule has 1 fully saturated rings. The highest BCUT2D eigenvalue weighted by molar-refractivity contribution is 5.99. The van der Waals surface area contributed by atoms with Crippen molar-refractivity contribution in [2.75, 3.05) is 37.6 Å². The molecule has 1 aromatic rings. The van der Waals surface area contributed by atoms with Gasteiger partial charge in [-0.3, -0.25) is 9.69 Å². The Morgan fingerprint density at radius 1 is 1.33 bits per heavy atom. The molecule has 0 aliphatic carbocycles. The van der Waals surface area contributed by atoms with Gasteiger partial charge in [0.15, 0.2) is 0 Å². The van der Waals surface area contributed by atoms with Gasteiger partial charge < -0.3 is 10.2 Å². The average molecular weight is 289 g/mol. The minimum absolute atomic E-state index is 0.178. The van der Waals surface area contributed by atoms with E-state index in [9.17, 15) is 4.79 Å². The maximum Gasteiger partial charge on any atom is 0.246 e. The molecule has 1 aromatic carbocycles. The minimum Gasteiger partial charge on any atom is -0.314 e. The maximum absolute atomic E-state index is 13.1. The van der Waals surface area contributed by atoms with Crippen molar-refractivity contribution < 1.29 is 4.79 Å². The zero-order valence-electron chi connectivity index (χ0n) is 13.6. The van der Waals surface area contributed by atoms with Gasteiger partial charge in [0, 0.05) is 38.4 Å². The molecule has 1 saturated heterocycles. The number of nitrogens with zero attached hydrogens (tertiary/aromatic N) is 2. The number of likely N-dealkylation sites (N-methyl/N-ethyl adjacent to an activating group) is 1. The lowest BCUT2D eigenvalue weighted by Crippen LogP contribution is -2.60. The smallest absolute Gasteiger partial charge is 0.246 e. The summed E-state index contributed by atoms with van der Waals surface area (Å²) in [4.78, 5) is 17.3. The Kier molecular flexibility index (Phi) is 5.01. The Balaban J connectivity index is 2.22. The number of carbonyl (C=O) groups excluding carboxylic acids is 1. The fraction of sp³-hybridized carbons (Fsp3) is 0.588. The van der Waals surface area contributed by atoms with Gasteiger partial charge in [0.1, 0.15) is 0 Å². The number of anilines is 1. The summed E-state index contributed by atoms with van der Waals surface area (Å²) in [5, 5.41) is 3.34. The third-order valence-corrected chi connectivity index (χ3v) is 4.31. The zero-order chi connectivity index (χ0) is 15.5. The van der Waals surface area contributed by atoms with Crippen molar-refractivity contribution in [2.24, 2.45) is 0 Å². The van der Waals surface area contributed by atoms with Gasteiger partial charge in [0.25, 0.3) is 0 Å². The molecule has 4 heteroatoms. The molecule has 1 aliphatic rings. The summed E-state index contributed by atoms with van der Waals surface area (Å²) >= 11 is 0. The molecule has 21 heavy (non-hydrogen) atoms. The highest BCUT2D eigenvalue weighted by atomic mass is 16.2. The second kappa shape index (κ2) is 6.58. The van der Waals surface area contributed by atoms with Crippen LogP contribution in [0.4, 0.5) is 5.69 Å². The first-order chi connectivity index (χ1) is 9.96. The molecule has 0 atom stereocenters. The molecule has 0 saturated carbocycles. The normalized spacial score (nSPS) is 16.8. The van der Waals surface area contributed by atoms with Crippen LogP contribution in [-0.4, -0.2) is 49.1 Å². The molecule has 1 N–H and O–H groups in total. The number of piperazine rings is 1. The van der Waals surface area contributed by atoms with E-state index >= 15 is 0 Å². The van der Waals surface area contributed by atoms with Crippen molar-refractivity contribution in [1.82, 2.24) is 10.2 Å². The third-order valence-electron chi connectivity index (χ3n) is 4.31. The summed E-state index contributed by atoms with van der Waals surface area (Å²) in [6, 6.07) is 8.17. The third kappa shape index (κ3) is 3.44. The second-order valence-corrected chi connectivity index (χ2v) is 6.18. The molecule has 116 valence electrons. The predicted molar refractivity (Wildman–Crippen MR) is 87.7 cm³/mol. The van der Waals surface area contributed by atoms with E-state index in [0.717, 1.165) is 31.9 Å². The maximum atomic E-state index is 13.1. The number of benzene rings is 1. The van der Waals surface area contributed by atoms with Crippen molar-refractivity contribution in [3.05, 3.63) is 29.8 Å². The van der Waals surface area contributed by atoms with Gasteiger partial charge in [-0.2, -0.15) is 0 Å². The van der Waals surface area contributed by atoms with Crippen molar-refractivity contribution in [3.63, 3.8) is 0 Å². The monoisotopic (exact) mass is 289 g/mol. The summed E-state index contributed by atoms with van der Waals surface area (Å²) in [5.74, 6) is 0.178. The Labute approximate surface area is 128 Å². The van der Waals surface area contributed by atoms with Crippen LogP contribution in [0.15, 0.2) is 24.3 Å². The van der Waals surface area contributed by atoms with Crippen molar-refractivity contribution in [3.8, 4) is 0 Å². The highest BCUT2D eigenvalue weighted by Crippen LogP contribution is 2.23. The fourth-order valence-corrected chi connectivity index (χ4v) is 2.93. The van der Waals surface area contributed by atoms with E-state index in [1.165, 1.54) is 5.56 Å². The van der Waals surface area contributed by atoms with Crippen LogP contribution in [0.2, 0.25) is 0 Å². The lowest BCUT2D eigenvalue weighted by atomic mass is 9.99. The van der Waals surface area contributed by atoms with E-state index in [4.69, 9.17) is 0 Å². The van der Waals surface area contributed by atoms with Crippen LogP contribution in [-0.2, 0) is 4.79 Å². The van der Waals surface area contributed by atoms with Crippen molar-refractivity contribution >= 4 is 11.6 Å². The van der Waals surface area contributed by atoms with Gasteiger partial charge in [0.05, 0.1) is 5.54 Å². The predicted octanol–water partition coefficient (Wildman–Crippen LogP) is 2.03.